The van der Waals surface area contributed by atoms with Crippen molar-refractivity contribution in [1.82, 2.24) is 10.2 Å². The fraction of sp³-hybridized carbons (Fsp3) is 0.118. The first-order valence-corrected chi connectivity index (χ1v) is 7.42. The van der Waals surface area contributed by atoms with Crippen molar-refractivity contribution < 1.29 is 22.4 Å². The summed E-state index contributed by atoms with van der Waals surface area (Å²) in [4.78, 5) is 13.7. The molecule has 2 aromatic carbocycles. The Morgan fingerprint density at radius 2 is 1.65 bits per heavy atom. The number of nitrogens with one attached hydrogen (secondary N) is 1. The second-order valence-electron chi connectivity index (χ2n) is 5.57. The number of rotatable bonds is 4. The van der Waals surface area contributed by atoms with E-state index in [1.807, 2.05) is 0 Å². The van der Waals surface area contributed by atoms with Gasteiger partial charge >= 0.3 is 6.01 Å². The lowest BCUT2D eigenvalue weighted by molar-refractivity contribution is 0.102. The van der Waals surface area contributed by atoms with E-state index in [1.54, 1.807) is 43.3 Å². The Morgan fingerprint density at radius 1 is 1.04 bits per heavy atom. The van der Waals surface area contributed by atoms with Crippen LogP contribution in [0.1, 0.15) is 10.4 Å². The van der Waals surface area contributed by atoms with Crippen LogP contribution in [0.5, 0.6) is 0 Å². The zero-order chi connectivity index (χ0) is 18.8. The van der Waals surface area contributed by atoms with E-state index in [0.717, 1.165) is 0 Å². The van der Waals surface area contributed by atoms with Gasteiger partial charge in [0.2, 0.25) is 5.89 Å². The predicted molar refractivity (Wildman–Crippen MR) is 88.3 cm³/mol. The number of carbonyl (C=O) groups excluding carboxylic acids is 1. The van der Waals surface area contributed by atoms with Gasteiger partial charge in [-0.3, -0.25) is 4.79 Å². The number of carbonyl (C=O) groups is 1. The van der Waals surface area contributed by atoms with Crippen molar-refractivity contribution in [3.63, 3.8) is 0 Å². The number of nitrogens with zero attached hydrogens (tertiary/aromatic N) is 3. The molecule has 3 aromatic rings. The third-order valence-corrected chi connectivity index (χ3v) is 3.43. The summed E-state index contributed by atoms with van der Waals surface area (Å²) < 4.78 is 44.8. The molecule has 1 heterocycles. The van der Waals surface area contributed by atoms with Gasteiger partial charge in [-0.25, -0.2) is 13.2 Å². The number of aromatic nitrogens is 2. The molecule has 3 rings (SSSR count). The molecule has 0 aliphatic carbocycles. The first kappa shape index (κ1) is 17.5. The van der Waals surface area contributed by atoms with Crippen molar-refractivity contribution in [2.24, 2.45) is 0 Å². The number of halogens is 3. The molecule has 0 saturated carbocycles. The maximum atomic E-state index is 13.2. The summed E-state index contributed by atoms with van der Waals surface area (Å²) in [6.45, 7) is 0. The van der Waals surface area contributed by atoms with Gasteiger partial charge in [-0.15, -0.1) is 5.10 Å². The van der Waals surface area contributed by atoms with Gasteiger partial charge in [0.25, 0.3) is 5.91 Å². The second kappa shape index (κ2) is 6.87. The van der Waals surface area contributed by atoms with Gasteiger partial charge in [-0.2, -0.15) is 0 Å². The summed E-state index contributed by atoms with van der Waals surface area (Å²) in [5.41, 5.74) is 0.664. The lowest BCUT2D eigenvalue weighted by Crippen LogP contribution is -2.13. The number of benzene rings is 2. The maximum absolute atomic E-state index is 13.2. The predicted octanol–water partition coefficient (Wildman–Crippen LogP) is 3.47. The average Bonchev–Trinajstić information content (AvgIpc) is 3.10. The van der Waals surface area contributed by atoms with Gasteiger partial charge in [0.05, 0.1) is 0 Å². The van der Waals surface area contributed by atoms with Crippen LogP contribution >= 0.6 is 0 Å². The van der Waals surface area contributed by atoms with Gasteiger partial charge in [0.1, 0.15) is 0 Å². The molecular weight excluding hydrogens is 349 g/mol. The molecule has 0 spiro atoms. The van der Waals surface area contributed by atoms with Crippen LogP contribution in [0.3, 0.4) is 0 Å². The SMILES string of the molecule is CN(C)c1nnc(-c2ccc(NC(=O)c3cc(F)c(F)c(F)c3)cc2)o1. The van der Waals surface area contributed by atoms with Crippen molar-refractivity contribution in [2.45, 2.75) is 0 Å². The highest BCUT2D eigenvalue weighted by molar-refractivity contribution is 6.04. The van der Waals surface area contributed by atoms with Crippen LogP contribution in [-0.2, 0) is 0 Å². The lowest BCUT2D eigenvalue weighted by Gasteiger charge is -2.07. The molecule has 0 atom stereocenters. The Balaban J connectivity index is 1.75. The fourth-order valence-corrected chi connectivity index (χ4v) is 2.10. The number of amides is 1. The van der Waals surface area contributed by atoms with Gasteiger partial charge < -0.3 is 14.6 Å². The Kier molecular flexibility index (Phi) is 4.61. The molecule has 0 bridgehead atoms. The van der Waals surface area contributed by atoms with Gasteiger partial charge in [-0.05, 0) is 36.4 Å². The van der Waals surface area contributed by atoms with E-state index in [-0.39, 0.29) is 5.56 Å². The molecule has 134 valence electrons. The van der Waals surface area contributed by atoms with Gasteiger partial charge in [0.15, 0.2) is 17.5 Å². The van der Waals surface area contributed by atoms with Crippen LogP contribution in [0, 0.1) is 17.5 Å². The third-order valence-electron chi connectivity index (χ3n) is 3.43. The van der Waals surface area contributed by atoms with E-state index in [9.17, 15) is 18.0 Å². The van der Waals surface area contributed by atoms with E-state index in [0.29, 0.717) is 35.3 Å². The molecular formula is C17H13F3N4O2. The molecule has 0 radical (unpaired) electrons. The van der Waals surface area contributed by atoms with Crippen LogP contribution in [0.4, 0.5) is 24.9 Å². The van der Waals surface area contributed by atoms with Crippen LogP contribution < -0.4 is 10.2 Å². The summed E-state index contributed by atoms with van der Waals surface area (Å²) in [7, 11) is 3.52. The minimum absolute atomic E-state index is 0.300. The monoisotopic (exact) mass is 362 g/mol. The van der Waals surface area contributed by atoms with E-state index in [2.05, 4.69) is 15.5 Å². The highest BCUT2D eigenvalue weighted by Gasteiger charge is 2.15. The van der Waals surface area contributed by atoms with E-state index < -0.39 is 23.4 Å². The van der Waals surface area contributed by atoms with E-state index in [4.69, 9.17) is 4.42 Å². The number of anilines is 2. The zero-order valence-electron chi connectivity index (χ0n) is 13.8. The van der Waals surface area contributed by atoms with Crippen LogP contribution in [0.25, 0.3) is 11.5 Å². The Morgan fingerprint density at radius 3 is 2.19 bits per heavy atom. The molecule has 1 aromatic heterocycles. The summed E-state index contributed by atoms with van der Waals surface area (Å²) in [6, 6.07) is 7.99. The molecule has 9 heteroatoms. The highest BCUT2D eigenvalue weighted by atomic mass is 19.2. The number of hydrogen-bond donors (Lipinski definition) is 1. The Hall–Kier alpha value is -3.36. The summed E-state index contributed by atoms with van der Waals surface area (Å²) in [5, 5.41) is 10.2. The van der Waals surface area contributed by atoms with Gasteiger partial charge in [-0.1, -0.05) is 5.10 Å². The summed E-state index contributed by atoms with van der Waals surface area (Å²) in [5.74, 6) is -4.96. The normalized spacial score (nSPS) is 10.7. The minimum atomic E-state index is -1.62. The maximum Gasteiger partial charge on any atom is 0.317 e. The lowest BCUT2D eigenvalue weighted by atomic mass is 10.1. The van der Waals surface area contributed by atoms with Crippen molar-refractivity contribution in [2.75, 3.05) is 24.3 Å². The molecule has 26 heavy (non-hydrogen) atoms. The Bertz CT molecular complexity index is 932. The van der Waals surface area contributed by atoms with Gasteiger partial charge in [0, 0.05) is 30.9 Å². The first-order valence-electron chi connectivity index (χ1n) is 7.42. The molecule has 0 aliphatic rings. The third kappa shape index (κ3) is 3.51. The quantitative estimate of drug-likeness (QED) is 0.720. The van der Waals surface area contributed by atoms with Crippen molar-refractivity contribution >= 4 is 17.6 Å². The summed E-state index contributed by atoms with van der Waals surface area (Å²) >= 11 is 0. The minimum Gasteiger partial charge on any atom is -0.403 e. The van der Waals surface area contributed by atoms with Crippen molar-refractivity contribution in [1.29, 1.82) is 0 Å². The topological polar surface area (TPSA) is 71.3 Å². The zero-order valence-corrected chi connectivity index (χ0v) is 13.8. The largest absolute Gasteiger partial charge is 0.403 e. The molecule has 1 amide bonds. The molecule has 1 N–H and O–H groups in total. The smallest absolute Gasteiger partial charge is 0.317 e. The van der Waals surface area contributed by atoms with E-state index >= 15 is 0 Å². The van der Waals surface area contributed by atoms with Crippen molar-refractivity contribution in [3.8, 4) is 11.5 Å². The molecule has 0 fully saturated rings. The van der Waals surface area contributed by atoms with Crippen LogP contribution in [-0.4, -0.2) is 30.2 Å². The number of hydrogen-bond acceptors (Lipinski definition) is 5. The standard InChI is InChI=1S/C17H13F3N4O2/c1-24(2)17-23-22-16(26-17)9-3-5-11(6-4-9)21-15(25)10-7-12(18)14(20)13(19)8-10/h3-8H,1-2H3,(H,21,25). The molecule has 0 unspecified atom stereocenters. The fourth-order valence-electron chi connectivity index (χ4n) is 2.10. The van der Waals surface area contributed by atoms with Crippen LogP contribution in [0.15, 0.2) is 40.8 Å². The van der Waals surface area contributed by atoms with Crippen molar-refractivity contribution in [3.05, 3.63) is 59.4 Å². The second-order valence-corrected chi connectivity index (χ2v) is 5.57. The van der Waals surface area contributed by atoms with E-state index in [1.165, 1.54) is 0 Å². The summed E-state index contributed by atoms with van der Waals surface area (Å²) in [6.07, 6.45) is 0. The van der Waals surface area contributed by atoms with Crippen LogP contribution in [0.2, 0.25) is 0 Å². The molecule has 6 nitrogen and oxygen atoms in total. The first-order chi connectivity index (χ1) is 12.3. The molecule has 0 saturated heterocycles. The molecule has 0 aliphatic heterocycles. The average molecular weight is 362 g/mol. The highest BCUT2D eigenvalue weighted by Crippen LogP contribution is 2.23. The Labute approximate surface area is 146 Å².